The molecule has 1 amide bonds. The minimum absolute atomic E-state index is 0.0114. The van der Waals surface area contributed by atoms with Gasteiger partial charge in [0.2, 0.25) is 0 Å². The molecule has 2 aromatic carbocycles. The first kappa shape index (κ1) is 17.8. The van der Waals surface area contributed by atoms with E-state index in [2.05, 4.69) is 10.3 Å². The molecule has 1 N–H and O–H groups in total. The number of hydrogen-bond acceptors (Lipinski definition) is 5. The summed E-state index contributed by atoms with van der Waals surface area (Å²) < 4.78 is 5.45. The first-order valence-electron chi connectivity index (χ1n) is 8.09. The van der Waals surface area contributed by atoms with Crippen LogP contribution in [-0.4, -0.2) is 23.3 Å². The molecular weight excluding hydrogens is 348 g/mol. The molecular formula is C20H18N2O3S. The zero-order chi connectivity index (χ0) is 18.5. The molecule has 6 heteroatoms. The third-order valence-electron chi connectivity index (χ3n) is 3.71. The summed E-state index contributed by atoms with van der Waals surface area (Å²) in [5.41, 5.74) is 2.55. The van der Waals surface area contributed by atoms with Crippen molar-refractivity contribution in [3.8, 4) is 16.2 Å². The number of nitrogens with zero attached hydrogens (tertiary/aromatic N) is 1. The number of aryl methyl sites for hydroxylation is 1. The van der Waals surface area contributed by atoms with Crippen molar-refractivity contribution >= 4 is 28.2 Å². The Balaban J connectivity index is 1.59. The van der Waals surface area contributed by atoms with E-state index in [1.807, 2.05) is 37.3 Å². The minimum Gasteiger partial charge on any atom is -0.484 e. The van der Waals surface area contributed by atoms with Crippen LogP contribution >= 0.6 is 11.3 Å². The fourth-order valence-corrected chi connectivity index (χ4v) is 3.39. The number of hydrogen-bond donors (Lipinski definition) is 1. The van der Waals surface area contributed by atoms with Crippen LogP contribution in [0.25, 0.3) is 10.4 Å². The number of nitrogens with one attached hydrogen (secondary N) is 1. The van der Waals surface area contributed by atoms with E-state index in [9.17, 15) is 9.59 Å². The van der Waals surface area contributed by atoms with Crippen LogP contribution < -0.4 is 10.1 Å². The summed E-state index contributed by atoms with van der Waals surface area (Å²) in [5.74, 6) is 0.238. The number of Topliss-reactive ketones (excluding diaryl/α,β-unsaturated/α-hetero) is 1. The van der Waals surface area contributed by atoms with Crippen molar-refractivity contribution in [2.75, 3.05) is 11.9 Å². The molecule has 0 unspecified atom stereocenters. The molecule has 1 heterocycles. The van der Waals surface area contributed by atoms with Gasteiger partial charge in [-0.2, -0.15) is 0 Å². The Kier molecular flexibility index (Phi) is 5.43. The number of thiazole rings is 1. The summed E-state index contributed by atoms with van der Waals surface area (Å²) in [6.45, 7) is 3.29. The Hall–Kier alpha value is -2.99. The van der Waals surface area contributed by atoms with Gasteiger partial charge in [0.25, 0.3) is 5.91 Å². The second-order valence-electron chi connectivity index (χ2n) is 5.72. The SMILES string of the molecule is CC(=O)c1ccc(OCC(=O)Nc2nc(C)c(-c3ccccc3)s2)cc1. The van der Waals surface area contributed by atoms with E-state index in [0.717, 1.165) is 16.1 Å². The van der Waals surface area contributed by atoms with Gasteiger partial charge >= 0.3 is 0 Å². The summed E-state index contributed by atoms with van der Waals surface area (Å²) >= 11 is 1.43. The number of rotatable bonds is 6. The number of anilines is 1. The van der Waals surface area contributed by atoms with Crippen LogP contribution in [0.5, 0.6) is 5.75 Å². The zero-order valence-corrected chi connectivity index (χ0v) is 15.3. The van der Waals surface area contributed by atoms with Crippen molar-refractivity contribution in [1.29, 1.82) is 0 Å². The molecule has 0 atom stereocenters. The summed E-state index contributed by atoms with van der Waals surface area (Å²) in [7, 11) is 0. The first-order valence-corrected chi connectivity index (χ1v) is 8.91. The van der Waals surface area contributed by atoms with E-state index in [1.165, 1.54) is 18.3 Å². The molecule has 0 aliphatic heterocycles. The van der Waals surface area contributed by atoms with Gasteiger partial charge in [0.15, 0.2) is 17.5 Å². The minimum atomic E-state index is -0.283. The van der Waals surface area contributed by atoms with Crippen LogP contribution in [0.4, 0.5) is 5.13 Å². The van der Waals surface area contributed by atoms with Crippen molar-refractivity contribution in [3.63, 3.8) is 0 Å². The molecule has 5 nitrogen and oxygen atoms in total. The lowest BCUT2D eigenvalue weighted by molar-refractivity contribution is -0.118. The van der Waals surface area contributed by atoms with Crippen molar-refractivity contribution < 1.29 is 14.3 Å². The number of carbonyl (C=O) groups is 2. The fraction of sp³-hybridized carbons (Fsp3) is 0.150. The van der Waals surface area contributed by atoms with Crippen LogP contribution in [0.15, 0.2) is 54.6 Å². The van der Waals surface area contributed by atoms with Gasteiger partial charge < -0.3 is 4.74 Å². The van der Waals surface area contributed by atoms with E-state index in [4.69, 9.17) is 4.74 Å². The van der Waals surface area contributed by atoms with Crippen LogP contribution in [0.2, 0.25) is 0 Å². The molecule has 0 saturated carbocycles. The Morgan fingerprint density at radius 1 is 1.08 bits per heavy atom. The van der Waals surface area contributed by atoms with Gasteiger partial charge in [-0.05, 0) is 43.7 Å². The maximum Gasteiger partial charge on any atom is 0.264 e. The molecule has 0 spiro atoms. The summed E-state index contributed by atoms with van der Waals surface area (Å²) in [5, 5.41) is 3.31. The molecule has 0 fully saturated rings. The Bertz CT molecular complexity index is 918. The highest BCUT2D eigenvalue weighted by Gasteiger charge is 2.12. The lowest BCUT2D eigenvalue weighted by atomic mass is 10.1. The highest BCUT2D eigenvalue weighted by molar-refractivity contribution is 7.19. The monoisotopic (exact) mass is 366 g/mol. The molecule has 3 rings (SSSR count). The molecule has 0 aliphatic rings. The number of aromatic nitrogens is 1. The average molecular weight is 366 g/mol. The number of carbonyl (C=O) groups excluding carboxylic acids is 2. The quantitative estimate of drug-likeness (QED) is 0.659. The van der Waals surface area contributed by atoms with Gasteiger partial charge in [0.1, 0.15) is 5.75 Å². The van der Waals surface area contributed by atoms with Gasteiger partial charge in [0, 0.05) is 5.56 Å². The predicted octanol–water partition coefficient (Wildman–Crippen LogP) is 4.34. The van der Waals surface area contributed by atoms with Crippen LogP contribution in [0.3, 0.4) is 0 Å². The van der Waals surface area contributed by atoms with E-state index in [1.54, 1.807) is 24.3 Å². The Morgan fingerprint density at radius 2 is 1.77 bits per heavy atom. The molecule has 3 aromatic rings. The van der Waals surface area contributed by atoms with E-state index >= 15 is 0 Å². The molecule has 1 aromatic heterocycles. The van der Waals surface area contributed by atoms with E-state index < -0.39 is 0 Å². The van der Waals surface area contributed by atoms with Crippen molar-refractivity contribution in [2.45, 2.75) is 13.8 Å². The summed E-state index contributed by atoms with van der Waals surface area (Å²) in [6.07, 6.45) is 0. The van der Waals surface area contributed by atoms with E-state index in [0.29, 0.717) is 16.4 Å². The average Bonchev–Trinajstić information content (AvgIpc) is 3.01. The van der Waals surface area contributed by atoms with E-state index in [-0.39, 0.29) is 18.3 Å². The highest BCUT2D eigenvalue weighted by atomic mass is 32.1. The maximum atomic E-state index is 12.1. The third-order valence-corrected chi connectivity index (χ3v) is 4.83. The van der Waals surface area contributed by atoms with Gasteiger partial charge in [-0.15, -0.1) is 0 Å². The fourth-order valence-electron chi connectivity index (χ4n) is 2.40. The molecule has 0 aliphatic carbocycles. The number of amides is 1. The Morgan fingerprint density at radius 3 is 2.42 bits per heavy atom. The summed E-state index contributed by atoms with van der Waals surface area (Å²) in [6, 6.07) is 16.6. The smallest absolute Gasteiger partial charge is 0.264 e. The van der Waals surface area contributed by atoms with Gasteiger partial charge in [-0.25, -0.2) is 4.98 Å². The molecule has 0 saturated heterocycles. The zero-order valence-electron chi connectivity index (χ0n) is 14.5. The standard InChI is InChI=1S/C20H18N2O3S/c1-13-19(16-6-4-3-5-7-16)26-20(21-13)22-18(24)12-25-17-10-8-15(9-11-17)14(2)23/h3-11H,12H2,1-2H3,(H,21,22,24). The van der Waals surface area contributed by atoms with Crippen LogP contribution in [0.1, 0.15) is 23.0 Å². The lowest BCUT2D eigenvalue weighted by Gasteiger charge is -2.06. The third kappa shape index (κ3) is 4.34. The summed E-state index contributed by atoms with van der Waals surface area (Å²) in [4.78, 5) is 28.8. The topological polar surface area (TPSA) is 68.3 Å². The van der Waals surface area contributed by atoms with Crippen molar-refractivity contribution in [2.24, 2.45) is 0 Å². The van der Waals surface area contributed by atoms with Gasteiger partial charge in [0.05, 0.1) is 10.6 Å². The second kappa shape index (κ2) is 7.93. The van der Waals surface area contributed by atoms with Crippen molar-refractivity contribution in [3.05, 3.63) is 65.9 Å². The van der Waals surface area contributed by atoms with Gasteiger partial charge in [-0.3, -0.25) is 14.9 Å². The lowest BCUT2D eigenvalue weighted by Crippen LogP contribution is -2.20. The molecule has 0 radical (unpaired) electrons. The maximum absolute atomic E-state index is 12.1. The first-order chi connectivity index (χ1) is 12.5. The normalized spacial score (nSPS) is 10.4. The largest absolute Gasteiger partial charge is 0.484 e. The van der Waals surface area contributed by atoms with Gasteiger partial charge in [-0.1, -0.05) is 41.7 Å². The second-order valence-corrected chi connectivity index (χ2v) is 6.72. The highest BCUT2D eigenvalue weighted by Crippen LogP contribution is 2.32. The van der Waals surface area contributed by atoms with Crippen molar-refractivity contribution in [1.82, 2.24) is 4.98 Å². The molecule has 26 heavy (non-hydrogen) atoms. The number of ketones is 1. The predicted molar refractivity (Wildman–Crippen MR) is 103 cm³/mol. The number of ether oxygens (including phenoxy) is 1. The molecule has 132 valence electrons. The van der Waals surface area contributed by atoms with Crippen LogP contribution in [0, 0.1) is 6.92 Å². The Labute approximate surface area is 155 Å². The number of benzene rings is 2. The molecule has 0 bridgehead atoms. The van der Waals surface area contributed by atoms with Crippen LogP contribution in [-0.2, 0) is 4.79 Å².